The van der Waals surface area contributed by atoms with E-state index < -0.39 is 0 Å². The normalized spacial score (nSPS) is 18.5. The molecule has 0 bridgehead atoms. The van der Waals surface area contributed by atoms with Crippen molar-refractivity contribution in [2.24, 2.45) is 0 Å². The van der Waals surface area contributed by atoms with Gasteiger partial charge < -0.3 is 20.1 Å². The average molecular weight is 425 g/mol. The quantitative estimate of drug-likeness (QED) is 0.525. The number of amides is 1. The molecule has 164 valence electrons. The van der Waals surface area contributed by atoms with Crippen molar-refractivity contribution in [2.75, 3.05) is 12.4 Å². The lowest BCUT2D eigenvalue weighted by Gasteiger charge is -2.14. The van der Waals surface area contributed by atoms with E-state index in [0.29, 0.717) is 18.2 Å². The van der Waals surface area contributed by atoms with Gasteiger partial charge in [-0.3, -0.25) is 10.1 Å². The van der Waals surface area contributed by atoms with Gasteiger partial charge in [0.2, 0.25) is 0 Å². The molecule has 2 atom stereocenters. The molecule has 1 fully saturated rings. The van der Waals surface area contributed by atoms with E-state index in [1.807, 2.05) is 32.0 Å². The summed E-state index contributed by atoms with van der Waals surface area (Å²) in [4.78, 5) is 20.8. The van der Waals surface area contributed by atoms with Crippen LogP contribution in [0.2, 0.25) is 0 Å². The van der Waals surface area contributed by atoms with Crippen LogP contribution in [-0.4, -0.2) is 45.5 Å². The summed E-state index contributed by atoms with van der Waals surface area (Å²) >= 11 is 0. The first kappa shape index (κ1) is 21.0. The summed E-state index contributed by atoms with van der Waals surface area (Å²) in [6.07, 6.45) is 5.64. The molecule has 1 aliphatic carbocycles. The molecular weight excluding hydrogens is 396 g/mol. The predicted octanol–water partition coefficient (Wildman–Crippen LogP) is 4.01. The largest absolute Gasteiger partial charge is 0.446 e. The molecule has 0 radical (unpaired) electrons. The molecule has 1 aliphatic rings. The van der Waals surface area contributed by atoms with E-state index in [4.69, 9.17) is 9.47 Å². The van der Waals surface area contributed by atoms with Crippen molar-refractivity contribution in [2.45, 2.75) is 57.8 Å². The summed E-state index contributed by atoms with van der Waals surface area (Å²) in [5.74, 6) is 1.59. The molecule has 3 N–H and O–H groups in total. The highest BCUT2D eigenvalue weighted by Crippen LogP contribution is 2.36. The van der Waals surface area contributed by atoms with Gasteiger partial charge in [0.1, 0.15) is 11.6 Å². The Bertz CT molecular complexity index is 1050. The maximum Gasteiger partial charge on any atom is 0.407 e. The number of nitrogens with zero attached hydrogens (tertiary/aromatic N) is 3. The van der Waals surface area contributed by atoms with Crippen LogP contribution >= 0.6 is 0 Å². The fourth-order valence-corrected chi connectivity index (χ4v) is 3.99. The Morgan fingerprint density at radius 1 is 1.26 bits per heavy atom. The predicted molar refractivity (Wildman–Crippen MR) is 117 cm³/mol. The third-order valence-corrected chi connectivity index (χ3v) is 5.40. The average Bonchev–Trinajstić information content (AvgIpc) is 3.38. The number of aromatic amines is 1. The van der Waals surface area contributed by atoms with Crippen molar-refractivity contribution >= 4 is 28.6 Å². The van der Waals surface area contributed by atoms with Crippen LogP contribution in [0.5, 0.6) is 0 Å². The van der Waals surface area contributed by atoms with Gasteiger partial charge in [-0.2, -0.15) is 5.10 Å². The maximum atomic E-state index is 11.8. The first-order valence-corrected chi connectivity index (χ1v) is 10.5. The van der Waals surface area contributed by atoms with E-state index in [9.17, 15) is 4.79 Å². The molecule has 0 aromatic carbocycles. The van der Waals surface area contributed by atoms with Crippen LogP contribution in [-0.2, 0) is 16.1 Å². The second-order valence-electron chi connectivity index (χ2n) is 8.13. The Labute approximate surface area is 181 Å². The minimum atomic E-state index is -0.352. The highest BCUT2D eigenvalue weighted by molar-refractivity contribution is 5.91. The van der Waals surface area contributed by atoms with Gasteiger partial charge in [0, 0.05) is 48.6 Å². The van der Waals surface area contributed by atoms with E-state index in [0.717, 1.165) is 41.4 Å². The van der Waals surface area contributed by atoms with Crippen LogP contribution in [0, 0.1) is 0 Å². The highest BCUT2D eigenvalue weighted by Gasteiger charge is 2.30. The number of anilines is 2. The number of fused-ring (bicyclic) bond motifs is 1. The van der Waals surface area contributed by atoms with Gasteiger partial charge >= 0.3 is 6.09 Å². The molecule has 9 heteroatoms. The summed E-state index contributed by atoms with van der Waals surface area (Å²) < 4.78 is 10.8. The smallest absolute Gasteiger partial charge is 0.407 e. The number of nitrogens with one attached hydrogen (secondary N) is 3. The number of alkyl carbamates (subject to hydrolysis) is 1. The number of ether oxygens (including phenoxy) is 2. The number of H-pyrrole nitrogens is 1. The Hall–Kier alpha value is -3.20. The highest BCUT2D eigenvalue weighted by atomic mass is 16.6. The molecule has 9 nitrogen and oxygen atoms in total. The van der Waals surface area contributed by atoms with Crippen LogP contribution in [0.1, 0.15) is 50.3 Å². The van der Waals surface area contributed by atoms with Gasteiger partial charge in [-0.05, 0) is 50.8 Å². The Kier molecular flexibility index (Phi) is 6.31. The summed E-state index contributed by atoms with van der Waals surface area (Å²) in [7, 11) is 1.67. The molecule has 1 saturated carbocycles. The van der Waals surface area contributed by atoms with Gasteiger partial charge in [0.15, 0.2) is 11.6 Å². The summed E-state index contributed by atoms with van der Waals surface area (Å²) in [6, 6.07) is 5.93. The van der Waals surface area contributed by atoms with Gasteiger partial charge in [-0.25, -0.2) is 9.78 Å². The van der Waals surface area contributed by atoms with Gasteiger partial charge in [-0.1, -0.05) is 0 Å². The molecule has 4 rings (SSSR count). The van der Waals surface area contributed by atoms with Crippen molar-refractivity contribution < 1.29 is 14.3 Å². The number of methoxy groups -OCH3 is 1. The van der Waals surface area contributed by atoms with Gasteiger partial charge in [0.25, 0.3) is 0 Å². The van der Waals surface area contributed by atoms with Crippen LogP contribution < -0.4 is 10.6 Å². The van der Waals surface area contributed by atoms with Crippen LogP contribution in [0.3, 0.4) is 0 Å². The van der Waals surface area contributed by atoms with Crippen LogP contribution in [0.4, 0.5) is 16.4 Å². The van der Waals surface area contributed by atoms with Crippen molar-refractivity contribution in [3.05, 3.63) is 41.9 Å². The summed E-state index contributed by atoms with van der Waals surface area (Å²) in [6.45, 7) is 4.34. The molecule has 3 aromatic rings. The Morgan fingerprint density at radius 2 is 2.10 bits per heavy atom. The molecule has 1 amide bonds. The lowest BCUT2D eigenvalue weighted by atomic mass is 10.0. The second-order valence-corrected chi connectivity index (χ2v) is 8.13. The second kappa shape index (κ2) is 9.30. The molecule has 0 aliphatic heterocycles. The monoisotopic (exact) mass is 424 g/mol. The minimum Gasteiger partial charge on any atom is -0.446 e. The number of rotatable bonds is 7. The van der Waals surface area contributed by atoms with E-state index >= 15 is 0 Å². The number of carbonyl (C=O) groups is 1. The fraction of sp³-hybridized carbons (Fsp3) is 0.455. The lowest BCUT2D eigenvalue weighted by molar-refractivity contribution is 0.0981. The Morgan fingerprint density at radius 3 is 2.90 bits per heavy atom. The van der Waals surface area contributed by atoms with E-state index in [-0.39, 0.29) is 24.2 Å². The zero-order valence-electron chi connectivity index (χ0n) is 18.0. The summed E-state index contributed by atoms with van der Waals surface area (Å²) in [5.41, 5.74) is 2.84. The summed E-state index contributed by atoms with van der Waals surface area (Å²) in [5, 5.41) is 14.6. The number of carbonyl (C=O) groups excluding carboxylic acids is 1. The first-order chi connectivity index (χ1) is 15.0. The van der Waals surface area contributed by atoms with Crippen molar-refractivity contribution in [3.63, 3.8) is 0 Å². The number of pyridine rings is 2. The van der Waals surface area contributed by atoms with E-state index in [1.165, 1.54) is 0 Å². The molecule has 0 saturated heterocycles. The zero-order chi connectivity index (χ0) is 21.8. The molecular formula is C22H28N6O3. The number of aromatic nitrogens is 4. The molecule has 0 unspecified atom stereocenters. The van der Waals surface area contributed by atoms with Gasteiger partial charge in [-0.15, -0.1) is 0 Å². The zero-order valence-corrected chi connectivity index (χ0v) is 18.0. The Balaban J connectivity index is 1.43. The van der Waals surface area contributed by atoms with E-state index in [1.54, 1.807) is 19.5 Å². The molecule has 3 heterocycles. The fourth-order valence-electron chi connectivity index (χ4n) is 3.99. The minimum absolute atomic E-state index is 0.0636. The first-order valence-electron chi connectivity index (χ1n) is 10.5. The molecule has 0 spiro atoms. The lowest BCUT2D eigenvalue weighted by Crippen LogP contribution is -2.33. The maximum absolute atomic E-state index is 11.8. The third kappa shape index (κ3) is 4.93. The third-order valence-electron chi connectivity index (χ3n) is 5.40. The molecule has 3 aromatic heterocycles. The van der Waals surface area contributed by atoms with Crippen LogP contribution in [0.25, 0.3) is 10.9 Å². The van der Waals surface area contributed by atoms with Crippen molar-refractivity contribution in [1.29, 1.82) is 0 Å². The topological polar surface area (TPSA) is 114 Å². The number of hydrogen-bond donors (Lipinski definition) is 3. The standard InChI is InChI=1S/C22H28N6O3/c1-13(2)25-22(29)31-16-5-4-14(10-16)18-11-19(28-27-18)26-21-20-17(7-9-24-21)15(12-30-3)6-8-23-20/h6-9,11,13-14,16H,4-5,10,12H2,1-3H3,(H,25,29)(H2,24,26,27,28)/t14-,16+/m0/s1. The SMILES string of the molecule is COCc1ccnc2c(Nc3cc([C@H]4CC[C@@H](OC(=O)NC(C)C)C4)[nH]n3)nccc12. The van der Waals surface area contributed by atoms with Gasteiger partial charge in [0.05, 0.1) is 6.61 Å². The van der Waals surface area contributed by atoms with Crippen molar-refractivity contribution in [3.8, 4) is 0 Å². The molecule has 31 heavy (non-hydrogen) atoms. The van der Waals surface area contributed by atoms with E-state index in [2.05, 4.69) is 30.8 Å². The number of hydrogen-bond acceptors (Lipinski definition) is 7. The van der Waals surface area contributed by atoms with Crippen molar-refractivity contribution in [1.82, 2.24) is 25.5 Å². The van der Waals surface area contributed by atoms with Crippen LogP contribution in [0.15, 0.2) is 30.6 Å².